The highest BCUT2D eigenvalue weighted by Gasteiger charge is 2.23. The first-order valence-electron chi connectivity index (χ1n) is 9.46. The van der Waals surface area contributed by atoms with Crippen LogP contribution in [0, 0.1) is 0 Å². The van der Waals surface area contributed by atoms with Gasteiger partial charge in [0.2, 0.25) is 10.0 Å². The first kappa shape index (κ1) is 20.4. The third-order valence-electron chi connectivity index (χ3n) is 5.07. The Morgan fingerprint density at radius 3 is 2.61 bits per heavy atom. The molecule has 3 rings (SSSR count). The van der Waals surface area contributed by atoms with E-state index in [0.29, 0.717) is 5.56 Å². The largest absolute Gasteiger partial charge is 0.497 e. The van der Waals surface area contributed by atoms with Crippen molar-refractivity contribution in [3.63, 3.8) is 0 Å². The highest BCUT2D eigenvalue weighted by Crippen LogP contribution is 2.32. The number of methoxy groups -OCH3 is 1. The van der Waals surface area contributed by atoms with Gasteiger partial charge in [0.05, 0.1) is 18.9 Å². The minimum absolute atomic E-state index is 0.0395. The summed E-state index contributed by atoms with van der Waals surface area (Å²) in [5.41, 5.74) is 3.72. The molecule has 0 spiro atoms. The number of carbonyl (C=O) groups is 1. The molecular weight excluding hydrogens is 376 g/mol. The predicted octanol–water partition coefficient (Wildman–Crippen LogP) is 2.94. The highest BCUT2D eigenvalue weighted by atomic mass is 32.2. The van der Waals surface area contributed by atoms with Crippen molar-refractivity contribution in [2.24, 2.45) is 0 Å². The molecule has 1 aliphatic carbocycles. The van der Waals surface area contributed by atoms with Gasteiger partial charge in [0, 0.05) is 12.1 Å². The molecule has 1 aliphatic rings. The summed E-state index contributed by atoms with van der Waals surface area (Å²) in [5, 5.41) is 3.12. The molecule has 2 aromatic carbocycles. The average Bonchev–Trinajstić information content (AvgIpc) is 2.72. The van der Waals surface area contributed by atoms with Crippen LogP contribution < -0.4 is 14.8 Å². The fourth-order valence-electron chi connectivity index (χ4n) is 3.37. The van der Waals surface area contributed by atoms with E-state index in [1.165, 1.54) is 5.56 Å². The number of ether oxygens (including phenoxy) is 1. The third kappa shape index (κ3) is 4.91. The van der Waals surface area contributed by atoms with E-state index in [9.17, 15) is 13.2 Å². The van der Waals surface area contributed by atoms with Gasteiger partial charge in [0.15, 0.2) is 0 Å². The number of nitrogens with one attached hydrogen (secondary N) is 2. The van der Waals surface area contributed by atoms with E-state index in [1.807, 2.05) is 12.1 Å². The number of sulfonamides is 1. The summed E-state index contributed by atoms with van der Waals surface area (Å²) in [7, 11) is -1.60. The molecule has 1 atom stereocenters. The van der Waals surface area contributed by atoms with Gasteiger partial charge in [0.1, 0.15) is 5.75 Å². The van der Waals surface area contributed by atoms with Crippen LogP contribution in [0.15, 0.2) is 42.5 Å². The monoisotopic (exact) mass is 402 g/mol. The smallest absolute Gasteiger partial charge is 0.251 e. The molecule has 2 N–H and O–H groups in total. The van der Waals surface area contributed by atoms with Gasteiger partial charge < -0.3 is 10.1 Å². The summed E-state index contributed by atoms with van der Waals surface area (Å²) in [6.07, 6.45) is 2.93. The van der Waals surface area contributed by atoms with Gasteiger partial charge in [-0.3, -0.25) is 4.79 Å². The highest BCUT2D eigenvalue weighted by molar-refractivity contribution is 7.89. The lowest BCUT2D eigenvalue weighted by Gasteiger charge is -2.27. The molecule has 0 bridgehead atoms. The number of fused-ring (bicyclic) bond motifs is 1. The fraction of sp³-hybridized carbons (Fsp3) is 0.381. The van der Waals surface area contributed by atoms with Crippen LogP contribution in [-0.2, 0) is 23.0 Å². The second-order valence-electron chi connectivity index (χ2n) is 6.90. The number of benzene rings is 2. The number of hydrogen-bond acceptors (Lipinski definition) is 4. The SMILES string of the molecule is CCS(=O)(=O)NCc1ccc(C(=O)N[C@H]2CCCc3ccc(OC)cc32)cc1. The molecule has 0 aliphatic heterocycles. The van der Waals surface area contributed by atoms with E-state index in [0.717, 1.165) is 36.1 Å². The van der Waals surface area contributed by atoms with Crippen LogP contribution in [0.2, 0.25) is 0 Å². The first-order valence-corrected chi connectivity index (χ1v) is 11.1. The maximum atomic E-state index is 12.7. The van der Waals surface area contributed by atoms with E-state index >= 15 is 0 Å². The van der Waals surface area contributed by atoms with Crippen molar-refractivity contribution in [1.82, 2.24) is 10.0 Å². The second kappa shape index (κ2) is 8.75. The van der Waals surface area contributed by atoms with Crippen LogP contribution in [0.5, 0.6) is 5.75 Å². The van der Waals surface area contributed by atoms with E-state index < -0.39 is 10.0 Å². The van der Waals surface area contributed by atoms with Gasteiger partial charge in [-0.05, 0) is 67.1 Å². The predicted molar refractivity (Wildman–Crippen MR) is 109 cm³/mol. The standard InChI is InChI=1S/C21H26N2O4S/c1-3-28(25,26)22-14-15-7-9-17(10-8-15)21(24)23-20-6-4-5-16-11-12-18(27-2)13-19(16)20/h7-13,20,22H,3-6,14H2,1-2H3,(H,23,24)/t20-/m0/s1. The average molecular weight is 403 g/mol. The van der Waals surface area contributed by atoms with Crippen LogP contribution in [0.1, 0.15) is 52.9 Å². The number of carbonyl (C=O) groups excluding carboxylic acids is 1. The van der Waals surface area contributed by atoms with Crippen LogP contribution >= 0.6 is 0 Å². The molecule has 2 aromatic rings. The second-order valence-corrected chi connectivity index (χ2v) is 9.00. The zero-order valence-corrected chi connectivity index (χ0v) is 17.0. The maximum absolute atomic E-state index is 12.7. The van der Waals surface area contributed by atoms with Gasteiger partial charge in [0.25, 0.3) is 5.91 Å². The number of amides is 1. The third-order valence-corrected chi connectivity index (χ3v) is 6.41. The van der Waals surface area contributed by atoms with E-state index in [-0.39, 0.29) is 24.2 Å². The molecule has 0 saturated heterocycles. The minimum Gasteiger partial charge on any atom is -0.497 e. The topological polar surface area (TPSA) is 84.5 Å². The van der Waals surface area contributed by atoms with Crippen molar-refractivity contribution in [1.29, 1.82) is 0 Å². The number of rotatable bonds is 7. The van der Waals surface area contributed by atoms with Gasteiger partial charge >= 0.3 is 0 Å². The molecule has 1 amide bonds. The Bertz CT molecular complexity index is 939. The van der Waals surface area contributed by atoms with Crippen LogP contribution in [0.25, 0.3) is 0 Å². The van der Waals surface area contributed by atoms with Crippen molar-refractivity contribution in [3.8, 4) is 5.75 Å². The van der Waals surface area contributed by atoms with Crippen molar-refractivity contribution in [2.75, 3.05) is 12.9 Å². The molecule has 0 heterocycles. The lowest BCUT2D eigenvalue weighted by atomic mass is 9.87. The zero-order valence-electron chi connectivity index (χ0n) is 16.2. The van der Waals surface area contributed by atoms with Crippen LogP contribution in [-0.4, -0.2) is 27.2 Å². The lowest BCUT2D eigenvalue weighted by Crippen LogP contribution is -2.31. The molecule has 0 unspecified atom stereocenters. The molecule has 0 aromatic heterocycles. The van der Waals surface area contributed by atoms with E-state index in [1.54, 1.807) is 38.3 Å². The molecule has 0 fully saturated rings. The Hall–Kier alpha value is -2.38. The molecular formula is C21H26N2O4S. The van der Waals surface area contributed by atoms with Crippen LogP contribution in [0.4, 0.5) is 0 Å². The summed E-state index contributed by atoms with van der Waals surface area (Å²) in [6.45, 7) is 1.81. The summed E-state index contributed by atoms with van der Waals surface area (Å²) in [5.74, 6) is 0.696. The Labute approximate surface area is 166 Å². The quantitative estimate of drug-likeness (QED) is 0.746. The summed E-state index contributed by atoms with van der Waals surface area (Å²) in [4.78, 5) is 12.7. The molecule has 6 nitrogen and oxygen atoms in total. The van der Waals surface area contributed by atoms with Gasteiger partial charge in [-0.25, -0.2) is 13.1 Å². The van der Waals surface area contributed by atoms with E-state index in [2.05, 4.69) is 16.1 Å². The van der Waals surface area contributed by atoms with Gasteiger partial charge in [-0.1, -0.05) is 18.2 Å². The lowest BCUT2D eigenvalue weighted by molar-refractivity contribution is 0.0932. The van der Waals surface area contributed by atoms with Gasteiger partial charge in [-0.15, -0.1) is 0 Å². The Morgan fingerprint density at radius 1 is 1.18 bits per heavy atom. The Balaban J connectivity index is 1.67. The van der Waals surface area contributed by atoms with Gasteiger partial charge in [-0.2, -0.15) is 0 Å². The molecule has 0 saturated carbocycles. The molecule has 150 valence electrons. The molecule has 0 radical (unpaired) electrons. The molecule has 28 heavy (non-hydrogen) atoms. The first-order chi connectivity index (χ1) is 13.4. The zero-order chi connectivity index (χ0) is 20.1. The number of hydrogen-bond donors (Lipinski definition) is 2. The normalized spacial score (nSPS) is 16.3. The summed E-state index contributed by atoms with van der Waals surface area (Å²) in [6, 6.07) is 13.0. The molecule has 7 heteroatoms. The number of aryl methyl sites for hydroxylation is 1. The van der Waals surface area contributed by atoms with Crippen molar-refractivity contribution >= 4 is 15.9 Å². The maximum Gasteiger partial charge on any atom is 0.251 e. The Morgan fingerprint density at radius 2 is 1.93 bits per heavy atom. The van der Waals surface area contributed by atoms with Crippen LogP contribution in [0.3, 0.4) is 0 Å². The summed E-state index contributed by atoms with van der Waals surface area (Å²) >= 11 is 0. The van der Waals surface area contributed by atoms with Crippen molar-refractivity contribution in [2.45, 2.75) is 38.8 Å². The van der Waals surface area contributed by atoms with E-state index in [4.69, 9.17) is 4.74 Å². The Kier molecular flexibility index (Phi) is 6.36. The fourth-order valence-corrected chi connectivity index (χ4v) is 3.96. The summed E-state index contributed by atoms with van der Waals surface area (Å²) < 4.78 is 30.9. The van der Waals surface area contributed by atoms with Crippen molar-refractivity contribution in [3.05, 3.63) is 64.7 Å². The minimum atomic E-state index is -3.24. The van der Waals surface area contributed by atoms with Crippen molar-refractivity contribution < 1.29 is 17.9 Å².